The van der Waals surface area contributed by atoms with Crippen LogP contribution in [0, 0.1) is 39.8 Å². The summed E-state index contributed by atoms with van der Waals surface area (Å²) in [7, 11) is 0. The van der Waals surface area contributed by atoms with Crippen molar-refractivity contribution < 1.29 is 34.6 Å². The van der Waals surface area contributed by atoms with Gasteiger partial charge in [-0.1, -0.05) is 60.1 Å². The maximum Gasteiger partial charge on any atom is 2.00 e. The molecule has 0 unspecified atom stereocenters. The third kappa shape index (κ3) is 6.97. The molecular formula is C48H36N4O3Pd. The molecule has 0 saturated carbocycles. The predicted octanol–water partition coefficient (Wildman–Crippen LogP) is 12.2. The maximum atomic E-state index is 6.57. The third-order valence-electron chi connectivity index (χ3n) is 9.58. The fraction of sp³-hybridized carbons (Fsp3) is 0.0833. The Morgan fingerprint density at radius 3 is 1.91 bits per heavy atom. The normalized spacial score (nSPS) is 11.1. The van der Waals surface area contributed by atoms with Crippen molar-refractivity contribution in [3.05, 3.63) is 180 Å². The summed E-state index contributed by atoms with van der Waals surface area (Å²) in [6.07, 6.45) is 1.84. The molecule has 7 nitrogen and oxygen atoms in total. The zero-order chi connectivity index (χ0) is 37.5. The van der Waals surface area contributed by atoms with Gasteiger partial charge in [0.05, 0.1) is 11.3 Å². The smallest absolute Gasteiger partial charge is 0.509 e. The minimum Gasteiger partial charge on any atom is -0.509 e. The first-order chi connectivity index (χ1) is 26.9. The molecule has 0 fully saturated rings. The second-order valence-electron chi connectivity index (χ2n) is 13.6. The van der Waals surface area contributed by atoms with Crippen molar-refractivity contribution >= 4 is 21.8 Å². The molecule has 0 atom stereocenters. The van der Waals surface area contributed by atoms with E-state index in [0.717, 1.165) is 78.5 Å². The maximum absolute atomic E-state index is 6.57. The molecule has 56 heavy (non-hydrogen) atoms. The van der Waals surface area contributed by atoms with Gasteiger partial charge in [-0.05, 0) is 104 Å². The van der Waals surface area contributed by atoms with Crippen LogP contribution < -0.4 is 14.2 Å². The van der Waals surface area contributed by atoms with Gasteiger partial charge >= 0.3 is 20.4 Å². The molecule has 0 spiro atoms. The van der Waals surface area contributed by atoms with Crippen molar-refractivity contribution in [2.45, 2.75) is 27.7 Å². The van der Waals surface area contributed by atoms with Gasteiger partial charge in [-0.25, -0.2) is 4.98 Å². The second-order valence-corrected chi connectivity index (χ2v) is 13.6. The Labute approximate surface area is 339 Å². The molecule has 9 rings (SSSR count). The van der Waals surface area contributed by atoms with Crippen molar-refractivity contribution in [3.8, 4) is 57.1 Å². The number of benzene rings is 6. The Balaban J connectivity index is 0.00000441. The molecule has 3 heterocycles. The summed E-state index contributed by atoms with van der Waals surface area (Å²) in [6, 6.07) is 52.9. The molecule has 6 aromatic carbocycles. The van der Waals surface area contributed by atoms with E-state index in [-0.39, 0.29) is 20.4 Å². The average Bonchev–Trinajstić information content (AvgIpc) is 3.68. The predicted molar refractivity (Wildman–Crippen MR) is 217 cm³/mol. The van der Waals surface area contributed by atoms with Gasteiger partial charge in [-0.15, -0.1) is 35.7 Å². The summed E-state index contributed by atoms with van der Waals surface area (Å²) >= 11 is 0. The second kappa shape index (κ2) is 15.4. The topological polar surface area (TPSA) is 63.3 Å². The number of aryl methyl sites for hydroxylation is 3. The van der Waals surface area contributed by atoms with E-state index < -0.39 is 0 Å². The number of para-hydroxylation sites is 3. The Kier molecular flexibility index (Phi) is 10.0. The van der Waals surface area contributed by atoms with Crippen molar-refractivity contribution in [3.63, 3.8) is 0 Å². The van der Waals surface area contributed by atoms with E-state index >= 15 is 0 Å². The molecule has 0 N–H and O–H groups in total. The molecule has 0 saturated heterocycles. The van der Waals surface area contributed by atoms with Gasteiger partial charge in [0.25, 0.3) is 0 Å². The number of rotatable bonds is 9. The van der Waals surface area contributed by atoms with Gasteiger partial charge < -0.3 is 18.8 Å². The molecule has 9 aromatic rings. The summed E-state index contributed by atoms with van der Waals surface area (Å²) in [6.45, 7) is 8.16. The standard InChI is InChI=1S/C48H36N4O3.Pd/c1-31-24-25-49-46(28-31)51-42-21-12-11-20-40(42)41-23-22-39(30-43(41)51)53-38-19-13-14-35(29-38)52-34(4)47(33(3)50-52)48-44(54-36-15-7-5-8-16-36)26-32(2)27-45(48)55-37-17-9-6-10-18-37;/h5-28H,1-4H3;/q-2;+2. The fourth-order valence-electron chi connectivity index (χ4n) is 7.15. The molecule has 0 radical (unpaired) electrons. The van der Waals surface area contributed by atoms with E-state index in [4.69, 9.17) is 24.3 Å². The minimum atomic E-state index is 0. The number of pyridine rings is 1. The van der Waals surface area contributed by atoms with E-state index in [1.165, 1.54) is 0 Å². The zero-order valence-corrected chi connectivity index (χ0v) is 32.7. The van der Waals surface area contributed by atoms with Crippen LogP contribution in [0.15, 0.2) is 146 Å². The Morgan fingerprint density at radius 1 is 0.554 bits per heavy atom. The summed E-state index contributed by atoms with van der Waals surface area (Å²) < 4.78 is 23.7. The molecular weight excluding hydrogens is 787 g/mol. The van der Waals surface area contributed by atoms with Gasteiger partial charge in [0.1, 0.15) is 28.8 Å². The quantitative estimate of drug-likeness (QED) is 0.107. The average molecular weight is 823 g/mol. The minimum absolute atomic E-state index is 0. The summed E-state index contributed by atoms with van der Waals surface area (Å²) in [5.74, 6) is 4.74. The summed E-state index contributed by atoms with van der Waals surface area (Å²) in [5.41, 5.74) is 8.24. The van der Waals surface area contributed by atoms with E-state index in [2.05, 4.69) is 60.9 Å². The molecule has 3 aromatic heterocycles. The third-order valence-corrected chi connectivity index (χ3v) is 9.58. The van der Waals surface area contributed by atoms with Crippen molar-refractivity contribution in [1.82, 2.24) is 19.3 Å². The molecule has 0 amide bonds. The SMILES string of the molecule is Cc1ccnc(-n2c3[c-]c(Oc4[c-]c(-n5nc(C)c(-c6c(Oc7ccccc7)cc(C)cc6Oc6ccccc6)c5C)ccc4)ccc3c3ccccc32)c1.[Pd+2]. The van der Waals surface area contributed by atoms with Crippen LogP contribution in [0.25, 0.3) is 44.4 Å². The summed E-state index contributed by atoms with van der Waals surface area (Å²) in [5, 5.41) is 7.24. The van der Waals surface area contributed by atoms with E-state index in [0.29, 0.717) is 23.0 Å². The summed E-state index contributed by atoms with van der Waals surface area (Å²) in [4.78, 5) is 4.71. The van der Waals surface area contributed by atoms with Crippen LogP contribution in [0.3, 0.4) is 0 Å². The number of fused-ring (bicyclic) bond motifs is 3. The molecule has 0 aliphatic heterocycles. The number of hydrogen-bond donors (Lipinski definition) is 0. The van der Waals surface area contributed by atoms with Crippen LogP contribution in [0.2, 0.25) is 0 Å². The van der Waals surface area contributed by atoms with Gasteiger partial charge in [0, 0.05) is 34.5 Å². The van der Waals surface area contributed by atoms with Gasteiger partial charge in [0.2, 0.25) is 0 Å². The van der Waals surface area contributed by atoms with E-state index in [1.807, 2.05) is 134 Å². The Bertz CT molecular complexity index is 2780. The van der Waals surface area contributed by atoms with Crippen molar-refractivity contribution in [2.24, 2.45) is 0 Å². The van der Waals surface area contributed by atoms with Gasteiger partial charge in [-0.2, -0.15) is 17.2 Å². The molecule has 0 aliphatic carbocycles. The monoisotopic (exact) mass is 822 g/mol. The van der Waals surface area contributed by atoms with Crippen LogP contribution >= 0.6 is 0 Å². The first kappa shape index (κ1) is 36.5. The number of aromatic nitrogens is 4. The van der Waals surface area contributed by atoms with Crippen LogP contribution in [0.4, 0.5) is 0 Å². The number of nitrogens with zero attached hydrogens (tertiary/aromatic N) is 4. The van der Waals surface area contributed by atoms with Crippen LogP contribution in [0.1, 0.15) is 22.5 Å². The molecule has 8 heteroatoms. The number of ether oxygens (including phenoxy) is 3. The van der Waals surface area contributed by atoms with E-state index in [1.54, 1.807) is 0 Å². The van der Waals surface area contributed by atoms with Crippen LogP contribution in [0.5, 0.6) is 34.5 Å². The molecule has 0 bridgehead atoms. The fourth-order valence-corrected chi connectivity index (χ4v) is 7.15. The van der Waals surface area contributed by atoms with Gasteiger partial charge in [-0.3, -0.25) is 4.68 Å². The van der Waals surface area contributed by atoms with Gasteiger partial charge in [0.15, 0.2) is 0 Å². The molecule has 276 valence electrons. The van der Waals surface area contributed by atoms with Crippen LogP contribution in [-0.4, -0.2) is 19.3 Å². The van der Waals surface area contributed by atoms with Crippen molar-refractivity contribution in [2.75, 3.05) is 0 Å². The zero-order valence-electron chi connectivity index (χ0n) is 31.2. The molecule has 0 aliphatic rings. The first-order valence-electron chi connectivity index (χ1n) is 18.2. The first-order valence-corrected chi connectivity index (χ1v) is 18.2. The van der Waals surface area contributed by atoms with E-state index in [9.17, 15) is 0 Å². The number of hydrogen-bond acceptors (Lipinski definition) is 5. The van der Waals surface area contributed by atoms with Crippen molar-refractivity contribution in [1.29, 1.82) is 0 Å². The van der Waals surface area contributed by atoms with Crippen LogP contribution in [-0.2, 0) is 20.4 Å². The largest absolute Gasteiger partial charge is 2.00 e. The Morgan fingerprint density at radius 2 is 1.21 bits per heavy atom. The Hall–Kier alpha value is -6.46.